The number of benzene rings is 2. The van der Waals surface area contributed by atoms with E-state index in [4.69, 9.17) is 6.57 Å². The minimum atomic E-state index is -1.25. The summed E-state index contributed by atoms with van der Waals surface area (Å²) < 4.78 is 0.850. The van der Waals surface area contributed by atoms with Crippen molar-refractivity contribution in [2.24, 2.45) is 0 Å². The number of aromatic carboxylic acids is 1. The highest BCUT2D eigenvalue weighted by Crippen LogP contribution is 2.33. The monoisotopic (exact) mass is 427 g/mol. The second kappa shape index (κ2) is 9.09. The van der Waals surface area contributed by atoms with E-state index >= 15 is 0 Å². The molecule has 160 valence electrons. The fourth-order valence-electron chi connectivity index (χ4n) is 3.24. The van der Waals surface area contributed by atoms with Crippen LogP contribution in [0.15, 0.2) is 59.1 Å². The minimum Gasteiger partial charge on any atom is -0.502 e. The van der Waals surface area contributed by atoms with Crippen molar-refractivity contribution in [3.8, 4) is 11.6 Å². The first-order valence-corrected chi connectivity index (χ1v) is 9.64. The normalized spacial score (nSPS) is 10.1. The van der Waals surface area contributed by atoms with Crippen LogP contribution in [0.4, 0.5) is 11.4 Å². The number of para-hydroxylation sites is 1. The van der Waals surface area contributed by atoms with Crippen molar-refractivity contribution >= 4 is 29.5 Å². The topological polar surface area (TPSA) is 87.1 Å². The molecule has 0 bridgehead atoms. The van der Waals surface area contributed by atoms with Gasteiger partial charge in [0.15, 0.2) is 0 Å². The Morgan fingerprint density at radius 2 is 1.78 bits per heavy atom. The first kappa shape index (κ1) is 22.2. The van der Waals surface area contributed by atoms with Gasteiger partial charge in [0.1, 0.15) is 0 Å². The number of aromatic nitrogens is 1. The van der Waals surface area contributed by atoms with Crippen molar-refractivity contribution in [1.29, 1.82) is 0 Å². The van der Waals surface area contributed by atoms with Crippen LogP contribution < -0.4 is 10.5 Å². The third kappa shape index (κ3) is 4.17. The molecule has 7 nitrogen and oxygen atoms in total. The predicted molar refractivity (Wildman–Crippen MR) is 125 cm³/mol. The van der Waals surface area contributed by atoms with Crippen LogP contribution >= 0.6 is 0 Å². The maximum absolute atomic E-state index is 13.2. The lowest BCUT2D eigenvalue weighted by Crippen LogP contribution is -2.23. The molecule has 7 heteroatoms. The Labute approximate surface area is 185 Å². The molecule has 0 aliphatic heterocycles. The lowest BCUT2D eigenvalue weighted by molar-refractivity contribution is 0.0697. The van der Waals surface area contributed by atoms with Crippen molar-refractivity contribution in [2.75, 3.05) is 19.0 Å². The predicted octanol–water partition coefficient (Wildman–Crippen LogP) is 4.49. The summed E-state index contributed by atoms with van der Waals surface area (Å²) >= 11 is 0. The highest BCUT2D eigenvalue weighted by Gasteiger charge is 2.22. The number of anilines is 1. The zero-order valence-corrected chi connectivity index (χ0v) is 17.8. The molecule has 0 radical (unpaired) electrons. The molecule has 32 heavy (non-hydrogen) atoms. The van der Waals surface area contributed by atoms with E-state index in [0.29, 0.717) is 0 Å². The second-order valence-corrected chi connectivity index (χ2v) is 7.23. The molecule has 0 saturated carbocycles. The average molecular weight is 427 g/mol. The van der Waals surface area contributed by atoms with Crippen LogP contribution in [0.25, 0.3) is 22.7 Å². The molecule has 0 unspecified atom stereocenters. The van der Waals surface area contributed by atoms with Gasteiger partial charge in [-0.2, -0.15) is 0 Å². The summed E-state index contributed by atoms with van der Waals surface area (Å²) in [4.78, 5) is 30.2. The number of nitrogens with zero attached hydrogens (tertiary/aromatic N) is 3. The molecule has 0 spiro atoms. The Bertz CT molecular complexity index is 1350. The van der Waals surface area contributed by atoms with Gasteiger partial charge in [0.2, 0.25) is 11.6 Å². The van der Waals surface area contributed by atoms with Crippen LogP contribution in [0.5, 0.6) is 5.88 Å². The maximum Gasteiger partial charge on any atom is 0.337 e. The zero-order valence-electron chi connectivity index (χ0n) is 17.8. The Balaban J connectivity index is 2.19. The van der Waals surface area contributed by atoms with Crippen LogP contribution in [0.1, 0.15) is 27.0 Å². The van der Waals surface area contributed by atoms with Crippen LogP contribution in [0, 0.1) is 13.5 Å². The highest BCUT2D eigenvalue weighted by molar-refractivity contribution is 5.92. The molecule has 0 atom stereocenters. The number of carbonyl (C=O) groups is 1. The van der Waals surface area contributed by atoms with Crippen LogP contribution in [-0.2, 0) is 0 Å². The van der Waals surface area contributed by atoms with E-state index in [-0.39, 0.29) is 28.1 Å². The lowest BCUT2D eigenvalue weighted by Gasteiger charge is -2.15. The summed E-state index contributed by atoms with van der Waals surface area (Å²) in [7, 11) is 3.89. The first-order valence-electron chi connectivity index (χ1n) is 9.64. The number of rotatable bonds is 5. The number of pyridine rings is 1. The van der Waals surface area contributed by atoms with E-state index in [9.17, 15) is 19.8 Å². The third-order valence-electron chi connectivity index (χ3n) is 4.99. The first-order chi connectivity index (χ1) is 15.3. The molecule has 0 fully saturated rings. The Hall–Kier alpha value is -4.53. The van der Waals surface area contributed by atoms with E-state index in [2.05, 4.69) is 10.6 Å². The summed E-state index contributed by atoms with van der Waals surface area (Å²) in [6.07, 6.45) is 3.13. The van der Waals surface area contributed by atoms with Crippen molar-refractivity contribution in [3.05, 3.63) is 98.3 Å². The molecule has 3 rings (SSSR count). The van der Waals surface area contributed by atoms with Crippen LogP contribution in [-0.4, -0.2) is 34.8 Å². The van der Waals surface area contributed by atoms with Gasteiger partial charge >= 0.3 is 5.97 Å². The average Bonchev–Trinajstić information content (AvgIpc) is 2.77. The van der Waals surface area contributed by atoms with Gasteiger partial charge in [-0.1, -0.05) is 24.3 Å². The van der Waals surface area contributed by atoms with Gasteiger partial charge in [0.05, 0.1) is 17.8 Å². The lowest BCUT2D eigenvalue weighted by atomic mass is 10.1. The van der Waals surface area contributed by atoms with Crippen molar-refractivity contribution in [2.45, 2.75) is 6.92 Å². The Kier molecular flexibility index (Phi) is 6.29. The fraction of sp³-hybridized carbons (Fsp3) is 0.120. The molecule has 1 heterocycles. The number of carboxylic acid groups (broad SMARTS) is 1. The number of carboxylic acids is 1. The summed E-state index contributed by atoms with van der Waals surface area (Å²) in [6, 6.07) is 13.5. The summed E-state index contributed by atoms with van der Waals surface area (Å²) in [5.74, 6) is -1.85. The second-order valence-electron chi connectivity index (χ2n) is 7.23. The van der Waals surface area contributed by atoms with Gasteiger partial charge in [-0.15, -0.1) is 5.73 Å². The van der Waals surface area contributed by atoms with E-state index in [1.165, 1.54) is 24.3 Å². The molecule has 2 N–H and O–H groups in total. The van der Waals surface area contributed by atoms with E-state index < -0.39 is 17.4 Å². The maximum atomic E-state index is 13.2. The smallest absolute Gasteiger partial charge is 0.337 e. The van der Waals surface area contributed by atoms with Crippen molar-refractivity contribution in [3.63, 3.8) is 0 Å². The summed E-state index contributed by atoms with van der Waals surface area (Å²) in [6.45, 7) is 9.00. The zero-order chi connectivity index (χ0) is 23.4. The van der Waals surface area contributed by atoms with Crippen LogP contribution in [0.3, 0.4) is 0 Å². The number of hydrogen-bond acceptors (Lipinski definition) is 4. The van der Waals surface area contributed by atoms with Gasteiger partial charge in [-0.05, 0) is 54.5 Å². The molecule has 0 aliphatic carbocycles. The van der Waals surface area contributed by atoms with E-state index in [0.717, 1.165) is 15.8 Å². The number of hydrogen-bond donors (Lipinski definition) is 2. The van der Waals surface area contributed by atoms with E-state index in [1.54, 1.807) is 19.1 Å². The molecule has 0 aliphatic rings. The SMILES string of the molecule is [C-]#[N+]c1c(C)c(C=C=Cc2ccc(N(C)C)cc2)c(=O)n(-c2ccccc2C(=O)O)c1O. The van der Waals surface area contributed by atoms with E-state index in [1.807, 2.05) is 43.3 Å². The minimum absolute atomic E-state index is 0.0229. The molecule has 2 aromatic carbocycles. The highest BCUT2D eigenvalue weighted by atomic mass is 16.4. The number of aromatic hydroxyl groups is 1. The van der Waals surface area contributed by atoms with Crippen molar-refractivity contribution < 1.29 is 15.0 Å². The van der Waals surface area contributed by atoms with Crippen molar-refractivity contribution in [1.82, 2.24) is 4.57 Å². The molecular formula is C25H21N3O4. The van der Waals surface area contributed by atoms with Gasteiger partial charge in [0, 0.05) is 25.3 Å². The van der Waals surface area contributed by atoms with Gasteiger partial charge in [-0.3, -0.25) is 9.36 Å². The quantitative estimate of drug-likeness (QED) is 0.463. The molecule has 0 amide bonds. The molecule has 1 aromatic heterocycles. The fourth-order valence-corrected chi connectivity index (χ4v) is 3.24. The van der Waals surface area contributed by atoms with Gasteiger partial charge < -0.3 is 15.1 Å². The van der Waals surface area contributed by atoms with Gasteiger partial charge in [0.25, 0.3) is 5.56 Å². The Morgan fingerprint density at radius 1 is 1.12 bits per heavy atom. The third-order valence-corrected chi connectivity index (χ3v) is 4.99. The molecular weight excluding hydrogens is 406 g/mol. The molecule has 0 saturated heterocycles. The summed E-state index contributed by atoms with van der Waals surface area (Å²) in [5.41, 5.74) is 4.32. The summed E-state index contributed by atoms with van der Waals surface area (Å²) in [5, 5.41) is 20.1. The molecule has 3 aromatic rings. The Morgan fingerprint density at radius 3 is 2.38 bits per heavy atom. The standard InChI is InChI=1S/C25H21N3O4/c1-16-19(10-7-8-17-12-14-18(15-13-17)27(3)4)23(29)28(24(30)22(16)26-2)21-11-6-5-9-20(21)25(31)32/h5-6,8-15,30H,1,3-4H3,(H,31,32). The van der Waals surface area contributed by atoms with Crippen LogP contribution in [0.2, 0.25) is 0 Å². The largest absolute Gasteiger partial charge is 0.502 e. The van der Waals surface area contributed by atoms with Gasteiger partial charge in [-0.25, -0.2) is 9.64 Å².